The molecule has 0 saturated carbocycles. The first kappa shape index (κ1) is 21.0. The largest absolute Gasteiger partial charge is 0.497 e. The molecule has 0 unspecified atom stereocenters. The number of ether oxygens (including phenoxy) is 2. The first-order valence-electron chi connectivity index (χ1n) is 9.31. The molecule has 0 aliphatic heterocycles. The average molecular weight is 455 g/mol. The Balaban J connectivity index is 1.78. The highest BCUT2D eigenvalue weighted by Crippen LogP contribution is 2.35. The van der Waals surface area contributed by atoms with Crippen molar-refractivity contribution in [1.82, 2.24) is 0 Å². The van der Waals surface area contributed by atoms with Gasteiger partial charge in [-0.05, 0) is 29.8 Å². The molecule has 1 heterocycles. The number of rotatable bonds is 5. The summed E-state index contributed by atoms with van der Waals surface area (Å²) in [5.74, 6) is -0.0320. The van der Waals surface area contributed by atoms with Crippen LogP contribution >= 0.6 is 23.2 Å². The summed E-state index contributed by atoms with van der Waals surface area (Å²) in [4.78, 5) is 25.9. The maximum atomic E-state index is 13.2. The van der Waals surface area contributed by atoms with Gasteiger partial charge in [-0.1, -0.05) is 65.7 Å². The molecule has 0 amide bonds. The lowest BCUT2D eigenvalue weighted by Crippen LogP contribution is -2.18. The van der Waals surface area contributed by atoms with Crippen molar-refractivity contribution in [3.63, 3.8) is 0 Å². The molecule has 4 aromatic rings. The number of carbonyl (C=O) groups is 1. The fourth-order valence-corrected chi connectivity index (χ4v) is 3.67. The fraction of sp³-hybridized carbons (Fsp3) is 0.0833. The predicted octanol–water partition coefficient (Wildman–Crippen LogP) is 5.92. The Morgan fingerprint density at radius 1 is 1.00 bits per heavy atom. The minimum Gasteiger partial charge on any atom is -0.497 e. The van der Waals surface area contributed by atoms with Crippen LogP contribution in [0.2, 0.25) is 10.0 Å². The molecule has 0 N–H and O–H groups in total. The summed E-state index contributed by atoms with van der Waals surface area (Å²) in [5, 5.41) is 0.588. The molecule has 0 radical (unpaired) electrons. The van der Waals surface area contributed by atoms with Crippen molar-refractivity contribution in [3.05, 3.63) is 92.6 Å². The minimum atomic E-state index is -0.609. The molecule has 4 rings (SSSR count). The number of halogens is 2. The molecule has 1 aromatic heterocycles. The van der Waals surface area contributed by atoms with Gasteiger partial charge in [0, 0.05) is 10.6 Å². The van der Waals surface area contributed by atoms with Gasteiger partial charge in [-0.3, -0.25) is 9.59 Å². The second kappa shape index (κ2) is 8.84. The normalized spacial score (nSPS) is 10.8. The summed E-state index contributed by atoms with van der Waals surface area (Å²) in [6.45, 7) is 0. The van der Waals surface area contributed by atoms with Gasteiger partial charge in [0.2, 0.25) is 11.2 Å². The Morgan fingerprint density at radius 3 is 2.39 bits per heavy atom. The van der Waals surface area contributed by atoms with Crippen LogP contribution in [-0.4, -0.2) is 13.1 Å². The SMILES string of the molecule is COc1ccc(CC(=O)Oc2c(-c3ccccc3)oc3c(Cl)cc(Cl)cc3c2=O)cc1. The smallest absolute Gasteiger partial charge is 0.315 e. The molecule has 0 atom stereocenters. The Bertz CT molecular complexity index is 1310. The first-order valence-corrected chi connectivity index (χ1v) is 10.1. The summed E-state index contributed by atoms with van der Waals surface area (Å²) in [6.07, 6.45) is -0.0357. The highest BCUT2D eigenvalue weighted by atomic mass is 35.5. The van der Waals surface area contributed by atoms with Crippen LogP contribution in [0.25, 0.3) is 22.3 Å². The Kier molecular flexibility index (Phi) is 5.98. The lowest BCUT2D eigenvalue weighted by Gasteiger charge is -2.11. The molecular formula is C24H16Cl2O5. The van der Waals surface area contributed by atoms with Crippen molar-refractivity contribution in [2.45, 2.75) is 6.42 Å². The van der Waals surface area contributed by atoms with Crippen LogP contribution in [0.1, 0.15) is 5.56 Å². The second-order valence-electron chi connectivity index (χ2n) is 6.72. The van der Waals surface area contributed by atoms with Crippen molar-refractivity contribution in [2.24, 2.45) is 0 Å². The van der Waals surface area contributed by atoms with E-state index in [0.717, 1.165) is 0 Å². The summed E-state index contributed by atoms with van der Waals surface area (Å²) >= 11 is 12.3. The zero-order valence-electron chi connectivity index (χ0n) is 16.4. The molecular weight excluding hydrogens is 439 g/mol. The van der Waals surface area contributed by atoms with E-state index in [0.29, 0.717) is 16.9 Å². The van der Waals surface area contributed by atoms with Gasteiger partial charge >= 0.3 is 5.97 Å². The standard InChI is InChI=1S/C24H16Cl2O5/c1-29-17-9-7-14(8-10-17)11-20(27)30-24-21(28)18-12-16(25)13-19(26)23(18)31-22(24)15-5-3-2-4-6-15/h2-10,12-13H,11H2,1H3. The summed E-state index contributed by atoms with van der Waals surface area (Å²) in [6, 6.07) is 18.8. The highest BCUT2D eigenvalue weighted by molar-refractivity contribution is 6.38. The third kappa shape index (κ3) is 4.43. The monoisotopic (exact) mass is 454 g/mol. The zero-order chi connectivity index (χ0) is 22.0. The van der Waals surface area contributed by atoms with E-state index in [1.165, 1.54) is 12.1 Å². The quantitative estimate of drug-likeness (QED) is 0.350. The van der Waals surface area contributed by atoms with E-state index in [2.05, 4.69) is 0 Å². The molecule has 0 spiro atoms. The second-order valence-corrected chi connectivity index (χ2v) is 7.56. The van der Waals surface area contributed by atoms with Crippen molar-refractivity contribution >= 4 is 40.1 Å². The molecule has 0 aliphatic carbocycles. The van der Waals surface area contributed by atoms with Crippen molar-refractivity contribution in [3.8, 4) is 22.8 Å². The third-order valence-electron chi connectivity index (χ3n) is 4.63. The van der Waals surface area contributed by atoms with Gasteiger partial charge < -0.3 is 13.9 Å². The number of esters is 1. The third-order valence-corrected chi connectivity index (χ3v) is 5.13. The Hall–Kier alpha value is -3.28. The van der Waals surface area contributed by atoms with E-state index < -0.39 is 11.4 Å². The molecule has 0 bridgehead atoms. The molecule has 0 aliphatic rings. The van der Waals surface area contributed by atoms with Crippen LogP contribution in [-0.2, 0) is 11.2 Å². The summed E-state index contributed by atoms with van der Waals surface area (Å²) in [7, 11) is 1.56. The van der Waals surface area contributed by atoms with E-state index in [4.69, 9.17) is 37.1 Å². The maximum Gasteiger partial charge on any atom is 0.315 e. The van der Waals surface area contributed by atoms with E-state index in [1.54, 1.807) is 55.6 Å². The number of fused-ring (bicyclic) bond motifs is 1. The molecule has 31 heavy (non-hydrogen) atoms. The summed E-state index contributed by atoms with van der Waals surface area (Å²) < 4.78 is 16.6. The fourth-order valence-electron chi connectivity index (χ4n) is 3.14. The van der Waals surface area contributed by atoms with Crippen molar-refractivity contribution in [1.29, 1.82) is 0 Å². The van der Waals surface area contributed by atoms with E-state index in [1.807, 2.05) is 6.07 Å². The molecule has 156 valence electrons. The van der Waals surface area contributed by atoms with Crippen LogP contribution in [0.15, 0.2) is 75.9 Å². The van der Waals surface area contributed by atoms with Crippen molar-refractivity contribution < 1.29 is 18.7 Å². The zero-order valence-corrected chi connectivity index (χ0v) is 17.9. The van der Waals surface area contributed by atoms with Crippen LogP contribution < -0.4 is 14.9 Å². The predicted molar refractivity (Wildman–Crippen MR) is 120 cm³/mol. The minimum absolute atomic E-state index is 0.0357. The van der Waals surface area contributed by atoms with Crippen LogP contribution in [0.5, 0.6) is 11.5 Å². The van der Waals surface area contributed by atoms with E-state index in [9.17, 15) is 9.59 Å². The molecule has 5 nitrogen and oxygen atoms in total. The van der Waals surface area contributed by atoms with Gasteiger partial charge in [0.25, 0.3) is 0 Å². The van der Waals surface area contributed by atoms with Crippen LogP contribution in [0.4, 0.5) is 0 Å². The van der Waals surface area contributed by atoms with E-state index in [-0.39, 0.29) is 38.9 Å². The highest BCUT2D eigenvalue weighted by Gasteiger charge is 2.22. The molecule has 7 heteroatoms. The number of carbonyl (C=O) groups excluding carboxylic acids is 1. The van der Waals surface area contributed by atoms with Crippen LogP contribution in [0.3, 0.4) is 0 Å². The molecule has 0 saturated heterocycles. The van der Waals surface area contributed by atoms with Gasteiger partial charge in [0.1, 0.15) is 5.75 Å². The van der Waals surface area contributed by atoms with Gasteiger partial charge in [0.15, 0.2) is 11.3 Å². The van der Waals surface area contributed by atoms with Gasteiger partial charge in [-0.15, -0.1) is 0 Å². The number of benzene rings is 3. The number of methoxy groups -OCH3 is 1. The van der Waals surface area contributed by atoms with Crippen molar-refractivity contribution in [2.75, 3.05) is 7.11 Å². The lowest BCUT2D eigenvalue weighted by atomic mass is 10.1. The molecule has 3 aromatic carbocycles. The first-order chi connectivity index (χ1) is 15.0. The maximum absolute atomic E-state index is 13.2. The lowest BCUT2D eigenvalue weighted by molar-refractivity contribution is -0.133. The average Bonchev–Trinajstić information content (AvgIpc) is 2.77. The van der Waals surface area contributed by atoms with Gasteiger partial charge in [-0.25, -0.2) is 0 Å². The Labute approximate surface area is 187 Å². The number of hydrogen-bond donors (Lipinski definition) is 0. The van der Waals surface area contributed by atoms with Crippen LogP contribution in [0, 0.1) is 0 Å². The van der Waals surface area contributed by atoms with Gasteiger partial charge in [-0.2, -0.15) is 0 Å². The number of hydrogen-bond acceptors (Lipinski definition) is 5. The van der Waals surface area contributed by atoms with E-state index >= 15 is 0 Å². The van der Waals surface area contributed by atoms with Gasteiger partial charge in [0.05, 0.1) is 23.9 Å². The summed E-state index contributed by atoms with van der Waals surface area (Å²) in [5.41, 5.74) is 0.917. The topological polar surface area (TPSA) is 65.7 Å². The molecule has 0 fully saturated rings. The Morgan fingerprint density at radius 2 is 1.71 bits per heavy atom.